The summed E-state index contributed by atoms with van der Waals surface area (Å²) in [4.78, 5) is 4.38. The van der Waals surface area contributed by atoms with Gasteiger partial charge >= 0.3 is 0 Å². The van der Waals surface area contributed by atoms with Gasteiger partial charge in [0, 0.05) is 23.2 Å². The first kappa shape index (κ1) is 14.9. The summed E-state index contributed by atoms with van der Waals surface area (Å²) in [5.74, 6) is 0.525. The first-order valence-electron chi connectivity index (χ1n) is 6.48. The highest BCUT2D eigenvalue weighted by Gasteiger charge is 2.04. The highest BCUT2D eigenvalue weighted by atomic mass is 79.9. The molecule has 0 aliphatic rings. The third kappa shape index (κ3) is 4.58. The average Bonchev–Trinajstić information content (AvgIpc) is 2.38. The van der Waals surface area contributed by atoms with E-state index in [1.165, 1.54) is 12.1 Å². The number of hydrogen-bond acceptors (Lipinski definition) is 3. The number of ether oxygens (including phenoxy) is 1. The molecule has 20 heavy (non-hydrogen) atoms. The van der Waals surface area contributed by atoms with Crippen LogP contribution in [0.4, 0.5) is 4.39 Å². The van der Waals surface area contributed by atoms with Crippen molar-refractivity contribution in [1.29, 1.82) is 0 Å². The summed E-state index contributed by atoms with van der Waals surface area (Å²) >= 11 is 3.23. The first-order valence-corrected chi connectivity index (χ1v) is 7.27. The molecule has 2 aromatic rings. The van der Waals surface area contributed by atoms with Crippen LogP contribution in [0.25, 0.3) is 0 Å². The lowest BCUT2D eigenvalue weighted by Gasteiger charge is -2.08. The van der Waals surface area contributed by atoms with E-state index in [0.717, 1.165) is 18.7 Å². The van der Waals surface area contributed by atoms with Gasteiger partial charge < -0.3 is 10.1 Å². The maximum atomic E-state index is 13.3. The molecular formula is C15H16BrFN2O. The van der Waals surface area contributed by atoms with E-state index in [1.54, 1.807) is 12.1 Å². The van der Waals surface area contributed by atoms with Crippen molar-refractivity contribution in [1.82, 2.24) is 10.3 Å². The molecule has 2 rings (SSSR count). The molecule has 3 nitrogen and oxygen atoms in total. The summed E-state index contributed by atoms with van der Waals surface area (Å²) in [5, 5.41) is 3.28. The Balaban J connectivity index is 2.07. The molecule has 0 aliphatic heterocycles. The fourth-order valence-electron chi connectivity index (χ4n) is 1.71. The molecule has 0 fully saturated rings. The van der Waals surface area contributed by atoms with Crippen molar-refractivity contribution in [2.24, 2.45) is 0 Å². The van der Waals surface area contributed by atoms with E-state index < -0.39 is 0 Å². The summed E-state index contributed by atoms with van der Waals surface area (Å²) in [6.07, 6.45) is 1.08. The average molecular weight is 339 g/mol. The molecule has 0 unspecified atom stereocenters. The summed E-state index contributed by atoms with van der Waals surface area (Å²) in [6, 6.07) is 9.96. The summed E-state index contributed by atoms with van der Waals surface area (Å²) in [7, 11) is 0. The molecule has 0 amide bonds. The SMILES string of the molecule is CCCNCc1cccc(Oc2cc(F)cc(Br)c2)n1. The van der Waals surface area contributed by atoms with E-state index in [2.05, 4.69) is 33.2 Å². The summed E-state index contributed by atoms with van der Waals surface area (Å²) in [6.45, 7) is 3.75. The van der Waals surface area contributed by atoms with Crippen molar-refractivity contribution in [2.45, 2.75) is 19.9 Å². The number of aromatic nitrogens is 1. The second-order valence-corrected chi connectivity index (χ2v) is 5.27. The van der Waals surface area contributed by atoms with Crippen molar-refractivity contribution in [3.05, 3.63) is 52.4 Å². The number of nitrogens with zero attached hydrogens (tertiary/aromatic N) is 1. The number of rotatable bonds is 6. The molecule has 0 radical (unpaired) electrons. The number of hydrogen-bond donors (Lipinski definition) is 1. The molecule has 0 spiro atoms. The van der Waals surface area contributed by atoms with Gasteiger partial charge in [-0.25, -0.2) is 9.37 Å². The van der Waals surface area contributed by atoms with Crippen LogP contribution in [0.15, 0.2) is 40.9 Å². The molecule has 1 aromatic carbocycles. The van der Waals surface area contributed by atoms with Gasteiger partial charge in [0.05, 0.1) is 5.69 Å². The Morgan fingerprint density at radius 1 is 1.30 bits per heavy atom. The number of halogens is 2. The van der Waals surface area contributed by atoms with E-state index in [4.69, 9.17) is 4.74 Å². The van der Waals surface area contributed by atoms with Crippen LogP contribution < -0.4 is 10.1 Å². The van der Waals surface area contributed by atoms with Gasteiger partial charge in [0.25, 0.3) is 0 Å². The quantitative estimate of drug-likeness (QED) is 0.798. The van der Waals surface area contributed by atoms with Crippen LogP contribution in [0, 0.1) is 5.82 Å². The topological polar surface area (TPSA) is 34.1 Å². The zero-order valence-electron chi connectivity index (χ0n) is 11.2. The highest BCUT2D eigenvalue weighted by Crippen LogP contribution is 2.24. The normalized spacial score (nSPS) is 10.6. The van der Waals surface area contributed by atoms with Crippen molar-refractivity contribution in [3.8, 4) is 11.6 Å². The number of benzene rings is 1. The Kier molecular flexibility index (Phi) is 5.49. The zero-order chi connectivity index (χ0) is 14.4. The van der Waals surface area contributed by atoms with Gasteiger partial charge in [0.15, 0.2) is 0 Å². The molecular weight excluding hydrogens is 323 g/mol. The molecule has 0 saturated carbocycles. The van der Waals surface area contributed by atoms with Gasteiger partial charge in [-0.2, -0.15) is 0 Å². The van der Waals surface area contributed by atoms with E-state index in [-0.39, 0.29) is 5.82 Å². The van der Waals surface area contributed by atoms with Gasteiger partial charge in [-0.3, -0.25) is 0 Å². The fraction of sp³-hybridized carbons (Fsp3) is 0.267. The number of pyridine rings is 1. The minimum Gasteiger partial charge on any atom is -0.439 e. The Bertz CT molecular complexity index is 557. The first-order chi connectivity index (χ1) is 9.67. The van der Waals surface area contributed by atoms with Crippen LogP contribution in [-0.2, 0) is 6.54 Å². The molecule has 5 heteroatoms. The van der Waals surface area contributed by atoms with Gasteiger partial charge in [0.2, 0.25) is 5.88 Å². The molecule has 106 valence electrons. The lowest BCUT2D eigenvalue weighted by atomic mass is 10.3. The van der Waals surface area contributed by atoms with E-state index in [0.29, 0.717) is 22.6 Å². The molecule has 1 heterocycles. The molecule has 1 N–H and O–H groups in total. The van der Waals surface area contributed by atoms with Crippen LogP contribution >= 0.6 is 15.9 Å². The van der Waals surface area contributed by atoms with Gasteiger partial charge in [-0.1, -0.05) is 28.9 Å². The standard InChI is InChI=1S/C15H16BrFN2O/c1-2-6-18-10-13-4-3-5-15(19-13)20-14-8-11(16)7-12(17)9-14/h3-5,7-9,18H,2,6,10H2,1H3. The lowest BCUT2D eigenvalue weighted by Crippen LogP contribution is -2.14. The largest absolute Gasteiger partial charge is 0.439 e. The van der Waals surface area contributed by atoms with E-state index in [9.17, 15) is 4.39 Å². The molecule has 0 atom stereocenters. The minimum absolute atomic E-state index is 0.352. The lowest BCUT2D eigenvalue weighted by molar-refractivity contribution is 0.454. The van der Waals surface area contributed by atoms with Crippen LogP contribution in [-0.4, -0.2) is 11.5 Å². The molecule has 1 aromatic heterocycles. The summed E-state index contributed by atoms with van der Waals surface area (Å²) in [5.41, 5.74) is 0.895. The number of nitrogens with one attached hydrogen (secondary N) is 1. The molecule has 0 saturated heterocycles. The molecule has 0 bridgehead atoms. The highest BCUT2D eigenvalue weighted by molar-refractivity contribution is 9.10. The Morgan fingerprint density at radius 2 is 2.15 bits per heavy atom. The predicted molar refractivity (Wildman–Crippen MR) is 80.4 cm³/mol. The summed E-state index contributed by atoms with van der Waals surface area (Å²) < 4.78 is 19.5. The van der Waals surface area contributed by atoms with Crippen LogP contribution in [0.5, 0.6) is 11.6 Å². The smallest absolute Gasteiger partial charge is 0.219 e. The predicted octanol–water partition coefficient (Wildman–Crippen LogP) is 4.28. The fourth-order valence-corrected chi connectivity index (χ4v) is 2.16. The van der Waals surface area contributed by atoms with Gasteiger partial charge in [-0.05, 0) is 31.2 Å². The van der Waals surface area contributed by atoms with Crippen molar-refractivity contribution < 1.29 is 9.13 Å². The van der Waals surface area contributed by atoms with Crippen molar-refractivity contribution in [2.75, 3.05) is 6.54 Å². The van der Waals surface area contributed by atoms with E-state index in [1.807, 2.05) is 12.1 Å². The van der Waals surface area contributed by atoms with Crippen LogP contribution in [0.2, 0.25) is 0 Å². The van der Waals surface area contributed by atoms with Crippen LogP contribution in [0.3, 0.4) is 0 Å². The zero-order valence-corrected chi connectivity index (χ0v) is 12.8. The maximum absolute atomic E-state index is 13.3. The molecule has 0 aliphatic carbocycles. The van der Waals surface area contributed by atoms with Crippen molar-refractivity contribution >= 4 is 15.9 Å². The minimum atomic E-state index is -0.352. The second-order valence-electron chi connectivity index (χ2n) is 4.35. The third-order valence-electron chi connectivity index (χ3n) is 2.57. The Morgan fingerprint density at radius 3 is 2.90 bits per heavy atom. The Hall–Kier alpha value is -1.46. The second kappa shape index (κ2) is 7.36. The van der Waals surface area contributed by atoms with Gasteiger partial charge in [-0.15, -0.1) is 0 Å². The van der Waals surface area contributed by atoms with E-state index >= 15 is 0 Å². The van der Waals surface area contributed by atoms with Crippen molar-refractivity contribution in [3.63, 3.8) is 0 Å². The third-order valence-corrected chi connectivity index (χ3v) is 3.03. The van der Waals surface area contributed by atoms with Gasteiger partial charge in [0.1, 0.15) is 11.6 Å². The maximum Gasteiger partial charge on any atom is 0.219 e. The monoisotopic (exact) mass is 338 g/mol. The Labute approximate surface area is 126 Å². The van der Waals surface area contributed by atoms with Crippen LogP contribution in [0.1, 0.15) is 19.0 Å².